The van der Waals surface area contributed by atoms with E-state index in [0.29, 0.717) is 11.5 Å². The van der Waals surface area contributed by atoms with Crippen LogP contribution in [0.25, 0.3) is 89.0 Å². The first kappa shape index (κ1) is 34.5. The van der Waals surface area contributed by atoms with Crippen LogP contribution in [0.2, 0.25) is 0 Å². The molecule has 0 spiro atoms. The maximum atomic E-state index is 6.50. The van der Waals surface area contributed by atoms with Crippen molar-refractivity contribution in [2.45, 2.75) is 0 Å². The van der Waals surface area contributed by atoms with Gasteiger partial charge in [0.25, 0.3) is 0 Å². The predicted octanol–water partition coefficient (Wildman–Crippen LogP) is 12.2. The summed E-state index contributed by atoms with van der Waals surface area (Å²) in [6.07, 6.45) is 9.30. The summed E-state index contributed by atoms with van der Waals surface area (Å²) in [5.41, 5.74) is 13.5. The second-order valence-corrected chi connectivity index (χ2v) is 14.9. The third-order valence-corrected chi connectivity index (χ3v) is 11.4. The number of para-hydroxylation sites is 2. The fourth-order valence-electron chi connectivity index (χ4n) is 8.67. The van der Waals surface area contributed by atoms with Crippen LogP contribution in [0.1, 0.15) is 0 Å². The molecule has 0 N–H and O–H groups in total. The summed E-state index contributed by atoms with van der Waals surface area (Å²) in [5, 5.41) is 12.9. The molecule has 0 atom stereocenters. The van der Waals surface area contributed by atoms with Crippen molar-refractivity contribution in [3.63, 3.8) is 0 Å². The Bertz CT molecular complexity index is 3230. The highest BCUT2D eigenvalue weighted by molar-refractivity contribution is 6.09. The predicted molar refractivity (Wildman–Crippen MR) is 242 cm³/mol. The number of ether oxygens (including phenoxy) is 1. The molecule has 12 rings (SSSR count). The van der Waals surface area contributed by atoms with Gasteiger partial charge in [-0.1, -0.05) is 72.8 Å². The van der Waals surface area contributed by atoms with Crippen molar-refractivity contribution in [1.29, 1.82) is 0 Å². The van der Waals surface area contributed by atoms with Gasteiger partial charge in [-0.2, -0.15) is 10.2 Å². The van der Waals surface area contributed by atoms with Crippen molar-refractivity contribution in [3.8, 4) is 56.8 Å². The molecular formula is C52H34N8O. The van der Waals surface area contributed by atoms with Crippen molar-refractivity contribution >= 4 is 43.7 Å². The van der Waals surface area contributed by atoms with Gasteiger partial charge in [0, 0.05) is 69.4 Å². The standard InChI is InChI=1S/C52H34N8O/c1-3-14-48-43(12-1)45-34-53-29-25-50(45)57(48)37-21-17-35(18-22-37)46-26-30-55-59(46)39-8-5-10-41(32-39)61-42-11-6-9-40(33-42)60-47(27-31-56-60)36-19-23-38(24-20-36)58-49-15-4-2-13-44(49)52-51(58)16-7-28-54-52/h1-34H. The van der Waals surface area contributed by atoms with Gasteiger partial charge in [0.15, 0.2) is 0 Å². The zero-order valence-corrected chi connectivity index (χ0v) is 32.6. The molecule has 6 aromatic carbocycles. The van der Waals surface area contributed by atoms with Gasteiger partial charge in [0.05, 0.1) is 62.7 Å². The van der Waals surface area contributed by atoms with Crippen LogP contribution in [0.15, 0.2) is 207 Å². The molecule has 0 saturated carbocycles. The first-order chi connectivity index (χ1) is 30.2. The maximum Gasteiger partial charge on any atom is 0.129 e. The number of pyridine rings is 2. The molecule has 0 fully saturated rings. The highest BCUT2D eigenvalue weighted by Gasteiger charge is 2.16. The maximum absolute atomic E-state index is 6.50. The summed E-state index contributed by atoms with van der Waals surface area (Å²) in [6, 6.07) is 60.4. The lowest BCUT2D eigenvalue weighted by Gasteiger charge is -2.13. The summed E-state index contributed by atoms with van der Waals surface area (Å²) < 4.78 is 15.0. The molecule has 61 heavy (non-hydrogen) atoms. The number of nitrogens with zero attached hydrogens (tertiary/aromatic N) is 8. The Morgan fingerprint density at radius 2 is 0.918 bits per heavy atom. The van der Waals surface area contributed by atoms with Crippen LogP contribution in [0.3, 0.4) is 0 Å². The molecule has 9 nitrogen and oxygen atoms in total. The lowest BCUT2D eigenvalue weighted by Crippen LogP contribution is -2.01. The normalized spacial score (nSPS) is 11.6. The van der Waals surface area contributed by atoms with Crippen LogP contribution >= 0.6 is 0 Å². The van der Waals surface area contributed by atoms with E-state index < -0.39 is 0 Å². The first-order valence-corrected chi connectivity index (χ1v) is 20.1. The summed E-state index contributed by atoms with van der Waals surface area (Å²) in [7, 11) is 0. The zero-order chi connectivity index (χ0) is 40.3. The van der Waals surface area contributed by atoms with E-state index in [1.807, 2.05) is 107 Å². The molecule has 0 aliphatic carbocycles. The SMILES string of the molecule is c1cc(Oc2cccc(-n3nccc3-c3ccc(-n4c5ccccc5c5ncccc54)cc3)c2)cc(-n2nccc2-c2ccc(-n3c4ccccc4c4cnccc43)cc2)c1. The number of aromatic nitrogens is 8. The third kappa shape index (κ3) is 5.78. The first-order valence-electron chi connectivity index (χ1n) is 20.1. The number of rotatable bonds is 8. The van der Waals surface area contributed by atoms with Crippen molar-refractivity contribution in [2.24, 2.45) is 0 Å². The van der Waals surface area contributed by atoms with Gasteiger partial charge in [0.2, 0.25) is 0 Å². The Labute approximate surface area is 349 Å². The van der Waals surface area contributed by atoms with E-state index in [2.05, 4.69) is 123 Å². The average Bonchev–Trinajstić information content (AvgIpc) is 4.14. The van der Waals surface area contributed by atoms with Gasteiger partial charge in [-0.15, -0.1) is 0 Å². The van der Waals surface area contributed by atoms with E-state index in [1.165, 1.54) is 5.39 Å². The highest BCUT2D eigenvalue weighted by Crippen LogP contribution is 2.35. The molecule has 0 amide bonds. The minimum atomic E-state index is 0.698. The summed E-state index contributed by atoms with van der Waals surface area (Å²) in [4.78, 5) is 9.09. The molecule has 0 radical (unpaired) electrons. The monoisotopic (exact) mass is 786 g/mol. The third-order valence-electron chi connectivity index (χ3n) is 11.4. The summed E-state index contributed by atoms with van der Waals surface area (Å²) in [5.74, 6) is 1.40. The Morgan fingerprint density at radius 3 is 1.56 bits per heavy atom. The molecule has 0 unspecified atom stereocenters. The summed E-state index contributed by atoms with van der Waals surface area (Å²) >= 11 is 0. The fraction of sp³-hybridized carbons (Fsp3) is 0. The molecule has 0 bridgehead atoms. The minimum absolute atomic E-state index is 0.698. The van der Waals surface area contributed by atoms with Crippen molar-refractivity contribution in [1.82, 2.24) is 38.7 Å². The average molecular weight is 787 g/mol. The van der Waals surface area contributed by atoms with Gasteiger partial charge in [-0.3, -0.25) is 9.97 Å². The number of benzene rings is 6. The van der Waals surface area contributed by atoms with E-state index in [1.54, 1.807) is 0 Å². The minimum Gasteiger partial charge on any atom is -0.457 e. The van der Waals surface area contributed by atoms with Gasteiger partial charge in [0.1, 0.15) is 11.5 Å². The molecular weight excluding hydrogens is 753 g/mol. The Kier molecular flexibility index (Phi) is 7.95. The smallest absolute Gasteiger partial charge is 0.129 e. The topological polar surface area (TPSA) is 80.5 Å². The number of hydrogen-bond acceptors (Lipinski definition) is 5. The van der Waals surface area contributed by atoms with E-state index in [0.717, 1.165) is 83.6 Å². The van der Waals surface area contributed by atoms with Gasteiger partial charge in [-0.05, 0) is 91.0 Å². The number of hydrogen-bond donors (Lipinski definition) is 0. The van der Waals surface area contributed by atoms with Crippen LogP contribution < -0.4 is 4.74 Å². The quantitative estimate of drug-likeness (QED) is 0.153. The largest absolute Gasteiger partial charge is 0.457 e. The van der Waals surface area contributed by atoms with Crippen LogP contribution in [0.4, 0.5) is 0 Å². The van der Waals surface area contributed by atoms with Gasteiger partial charge in [-0.25, -0.2) is 9.36 Å². The molecule has 9 heteroatoms. The second-order valence-electron chi connectivity index (χ2n) is 14.9. The van der Waals surface area contributed by atoms with E-state index in [4.69, 9.17) is 19.9 Å². The molecule has 0 aliphatic heterocycles. The fourth-order valence-corrected chi connectivity index (χ4v) is 8.67. The van der Waals surface area contributed by atoms with Crippen molar-refractivity contribution in [2.75, 3.05) is 0 Å². The highest BCUT2D eigenvalue weighted by atomic mass is 16.5. The van der Waals surface area contributed by atoms with Gasteiger partial charge >= 0.3 is 0 Å². The lowest BCUT2D eigenvalue weighted by atomic mass is 10.1. The van der Waals surface area contributed by atoms with E-state index in [-0.39, 0.29) is 0 Å². The molecule has 6 heterocycles. The Balaban J connectivity index is 0.806. The molecule has 288 valence electrons. The van der Waals surface area contributed by atoms with E-state index >= 15 is 0 Å². The number of fused-ring (bicyclic) bond motifs is 6. The molecule has 0 saturated heterocycles. The van der Waals surface area contributed by atoms with Crippen LogP contribution in [-0.4, -0.2) is 38.7 Å². The molecule has 12 aromatic rings. The van der Waals surface area contributed by atoms with Crippen LogP contribution in [-0.2, 0) is 0 Å². The lowest BCUT2D eigenvalue weighted by molar-refractivity contribution is 0.482. The van der Waals surface area contributed by atoms with Gasteiger partial charge < -0.3 is 13.9 Å². The van der Waals surface area contributed by atoms with Crippen LogP contribution in [0, 0.1) is 0 Å². The van der Waals surface area contributed by atoms with Crippen molar-refractivity contribution < 1.29 is 4.74 Å². The van der Waals surface area contributed by atoms with E-state index in [9.17, 15) is 0 Å². The second kappa shape index (κ2) is 14.1. The van der Waals surface area contributed by atoms with Crippen LogP contribution in [0.5, 0.6) is 11.5 Å². The Hall–Kier alpha value is -8.56. The summed E-state index contributed by atoms with van der Waals surface area (Å²) in [6.45, 7) is 0. The molecule has 0 aliphatic rings. The zero-order valence-electron chi connectivity index (χ0n) is 32.6. The molecule has 6 aromatic heterocycles. The Morgan fingerprint density at radius 1 is 0.377 bits per heavy atom. The van der Waals surface area contributed by atoms with Crippen molar-refractivity contribution in [3.05, 3.63) is 207 Å².